The second-order valence-electron chi connectivity index (χ2n) is 3.12. The normalized spacial score (nSPS) is 13.3. The molecule has 0 radical (unpaired) electrons. The molecule has 0 aromatic carbocycles. The number of halogens is 3. The van der Waals surface area contributed by atoms with Crippen LogP contribution in [0.3, 0.4) is 0 Å². The fourth-order valence-electron chi connectivity index (χ4n) is 1.17. The minimum atomic E-state index is -1.87. The van der Waals surface area contributed by atoms with E-state index in [-0.39, 0.29) is -0.565 Å². The van der Waals surface area contributed by atoms with Gasteiger partial charge in [-0.05, 0) is 32.9 Å². The predicted molar refractivity (Wildman–Crippen MR) is 89.1 cm³/mol. The van der Waals surface area contributed by atoms with Gasteiger partial charge in [0.1, 0.15) is -0.565 Å². The predicted octanol–water partition coefficient (Wildman–Crippen LogP) is 4.48. The van der Waals surface area contributed by atoms with Crippen LogP contribution in [0.25, 0.3) is 0 Å². The summed E-state index contributed by atoms with van der Waals surface area (Å²) < 4.78 is 11.8. The zero-order valence-electron chi connectivity index (χ0n) is 8.78. The summed E-state index contributed by atoms with van der Waals surface area (Å²) in [5.41, 5.74) is 0. The second-order valence-corrected chi connectivity index (χ2v) is 18.2. The lowest BCUT2D eigenvalue weighted by Crippen LogP contribution is -2.39. The molecule has 0 fully saturated rings. The maximum absolute atomic E-state index is 5.77. The van der Waals surface area contributed by atoms with Crippen molar-refractivity contribution in [2.45, 2.75) is 32.3 Å². The lowest BCUT2D eigenvalue weighted by Gasteiger charge is -2.27. The van der Waals surface area contributed by atoms with Crippen molar-refractivity contribution >= 4 is 76.3 Å². The summed E-state index contributed by atoms with van der Waals surface area (Å²) in [4.78, 5) is 0. The van der Waals surface area contributed by atoms with E-state index in [1.165, 1.54) is 0 Å². The maximum Gasteiger partial charge on any atom is 0.335 e. The summed E-state index contributed by atoms with van der Waals surface area (Å²) in [6.07, 6.45) is 1.14. The van der Waals surface area contributed by atoms with Crippen LogP contribution in [0.2, 0.25) is 12.6 Å². The molecule has 86 valence electrons. The van der Waals surface area contributed by atoms with E-state index in [0.29, 0.717) is 0 Å². The third kappa shape index (κ3) is 8.48. The van der Waals surface area contributed by atoms with Crippen LogP contribution in [-0.4, -0.2) is 21.2 Å². The lowest BCUT2D eigenvalue weighted by atomic mass is 10.6. The third-order valence-corrected chi connectivity index (χ3v) is 6.34. The van der Waals surface area contributed by atoms with Crippen LogP contribution in [-0.2, 0) is 8.85 Å². The first-order chi connectivity index (χ1) is 6.33. The highest BCUT2D eigenvalue weighted by Crippen LogP contribution is 2.41. The summed E-state index contributed by atoms with van der Waals surface area (Å²) in [6, 6.07) is 1.07. The molecule has 0 saturated heterocycles. The Hall–Kier alpha value is 2.33. The summed E-state index contributed by atoms with van der Waals surface area (Å²) in [5, 5.41) is 0. The van der Waals surface area contributed by atoms with Crippen molar-refractivity contribution in [1.29, 1.82) is 0 Å². The van der Waals surface area contributed by atoms with Gasteiger partial charge in [0.15, 0.2) is 0 Å². The molecule has 0 atom stereocenters. The van der Waals surface area contributed by atoms with E-state index in [9.17, 15) is 0 Å². The zero-order chi connectivity index (χ0) is 11.2. The molecule has 14 heavy (non-hydrogen) atoms. The van der Waals surface area contributed by atoms with E-state index in [1.807, 2.05) is 13.8 Å². The van der Waals surface area contributed by atoms with Crippen molar-refractivity contribution < 1.29 is 8.85 Å². The van der Waals surface area contributed by atoms with Crippen LogP contribution in [0.1, 0.15) is 20.3 Å². The van der Waals surface area contributed by atoms with Crippen molar-refractivity contribution in [1.82, 2.24) is 0 Å². The Kier molecular flexibility index (Phi) is 8.88. The van der Waals surface area contributed by atoms with Gasteiger partial charge in [0.05, 0.1) is 0 Å². The van der Waals surface area contributed by atoms with Crippen LogP contribution in [0.5, 0.6) is 0 Å². The van der Waals surface area contributed by atoms with E-state index in [0.717, 1.165) is 25.7 Å². The molecule has 0 saturated carbocycles. The lowest BCUT2D eigenvalue weighted by molar-refractivity contribution is 0.189. The highest BCUT2D eigenvalue weighted by atomic mass is 127. The summed E-state index contributed by atoms with van der Waals surface area (Å²) in [7, 11) is -1.87. The van der Waals surface area contributed by atoms with Crippen LogP contribution in [0.15, 0.2) is 0 Å². The average Bonchev–Trinajstić information content (AvgIpc) is 2.01. The highest BCUT2D eigenvalue weighted by molar-refractivity contribution is 14.3. The van der Waals surface area contributed by atoms with E-state index < -0.39 is 8.56 Å². The van der Waals surface area contributed by atoms with Crippen molar-refractivity contribution in [2.24, 2.45) is 0 Å². The first-order valence-corrected chi connectivity index (χ1v) is 10.4. The molecule has 0 amide bonds. The van der Waals surface area contributed by atoms with Crippen molar-refractivity contribution in [3.8, 4) is 0 Å². The summed E-state index contributed by atoms with van der Waals surface area (Å²) >= 11 is 7.37. The fraction of sp³-hybridized carbons (Fsp3) is 1.00. The molecule has 0 aromatic rings. The Morgan fingerprint density at radius 1 is 1.07 bits per heavy atom. The Labute approximate surface area is 129 Å². The van der Waals surface area contributed by atoms with Gasteiger partial charge < -0.3 is 8.85 Å². The van der Waals surface area contributed by atoms with Gasteiger partial charge in [-0.2, -0.15) is 0 Å². The minimum Gasteiger partial charge on any atom is -0.395 e. The summed E-state index contributed by atoms with van der Waals surface area (Å²) in [6.45, 7) is 7.76. The summed E-state index contributed by atoms with van der Waals surface area (Å²) in [5.74, 6) is 0. The van der Waals surface area contributed by atoms with Gasteiger partial charge in [0, 0.05) is 13.2 Å². The maximum atomic E-state index is 5.77. The molecule has 0 heterocycles. The molecule has 0 bridgehead atoms. The molecule has 0 aromatic heterocycles. The van der Waals surface area contributed by atoms with E-state index in [1.54, 1.807) is 0 Å². The van der Waals surface area contributed by atoms with Gasteiger partial charge in [0.2, 0.25) is 0 Å². The van der Waals surface area contributed by atoms with Gasteiger partial charge in [-0.3, -0.25) is 0 Å². The molecule has 0 aliphatic carbocycles. The first-order valence-electron chi connectivity index (χ1n) is 4.67. The van der Waals surface area contributed by atoms with Crippen molar-refractivity contribution in [2.75, 3.05) is 13.2 Å². The Balaban J connectivity index is 4.08. The van der Waals surface area contributed by atoms with Crippen molar-refractivity contribution in [3.05, 3.63) is 0 Å². The topological polar surface area (TPSA) is 18.5 Å². The molecular weight excluding hydrogens is 537 g/mol. The third-order valence-electron chi connectivity index (χ3n) is 1.76. The van der Waals surface area contributed by atoms with E-state index >= 15 is 0 Å². The Morgan fingerprint density at radius 3 is 1.79 bits per heavy atom. The molecular formula is C8H17I3O2Si. The van der Waals surface area contributed by atoms with Crippen LogP contribution in [0.4, 0.5) is 0 Å². The van der Waals surface area contributed by atoms with Gasteiger partial charge in [-0.25, -0.2) is 0 Å². The first kappa shape index (κ1) is 16.3. The molecule has 0 N–H and O–H groups in total. The van der Waals surface area contributed by atoms with Crippen LogP contribution < -0.4 is 0 Å². The fourth-order valence-corrected chi connectivity index (χ4v) is 5.92. The number of hydrogen-bond acceptors (Lipinski definition) is 2. The van der Waals surface area contributed by atoms with E-state index in [4.69, 9.17) is 8.85 Å². The number of alkyl halides is 3. The Morgan fingerprint density at radius 2 is 1.50 bits per heavy atom. The number of rotatable bonds is 7. The monoisotopic (exact) mass is 554 g/mol. The molecule has 0 spiro atoms. The average molecular weight is 554 g/mol. The zero-order valence-corrected chi connectivity index (χ0v) is 16.3. The minimum absolute atomic E-state index is 0.287. The van der Waals surface area contributed by atoms with Gasteiger partial charge in [-0.15, -0.1) is 0 Å². The molecule has 0 aliphatic rings. The number of hydrogen-bond donors (Lipinski definition) is 0. The standard InChI is InChI=1S/C8H17I3O2Si/c1-4-12-14(3,13-5-2)7-6-8(9,10)11/h4-7H2,1-3H3. The van der Waals surface area contributed by atoms with Crippen molar-refractivity contribution in [3.63, 3.8) is 0 Å². The van der Waals surface area contributed by atoms with Gasteiger partial charge in [-0.1, -0.05) is 67.8 Å². The van der Waals surface area contributed by atoms with E-state index in [2.05, 4.69) is 74.3 Å². The molecule has 0 unspecified atom stereocenters. The van der Waals surface area contributed by atoms with Crippen LogP contribution in [0, 0.1) is 0 Å². The second kappa shape index (κ2) is 7.61. The quantitative estimate of drug-likeness (QED) is 0.263. The SMILES string of the molecule is CCO[Si](C)(CCC(I)(I)I)OCC. The molecule has 0 rings (SSSR count). The molecule has 6 heteroatoms. The van der Waals surface area contributed by atoms with Crippen LogP contribution >= 0.6 is 67.8 Å². The highest BCUT2D eigenvalue weighted by Gasteiger charge is 2.33. The largest absolute Gasteiger partial charge is 0.395 e. The smallest absolute Gasteiger partial charge is 0.335 e. The van der Waals surface area contributed by atoms with Gasteiger partial charge >= 0.3 is 8.56 Å². The Bertz CT molecular complexity index is 155. The molecule has 2 nitrogen and oxygen atoms in total. The molecule has 0 aliphatic heterocycles. The van der Waals surface area contributed by atoms with Gasteiger partial charge in [0.25, 0.3) is 0 Å².